The van der Waals surface area contributed by atoms with Crippen LogP contribution in [0.15, 0.2) is 52.9 Å². The van der Waals surface area contributed by atoms with Gasteiger partial charge in [0.05, 0.1) is 25.3 Å². The Labute approximate surface area is 170 Å². The summed E-state index contributed by atoms with van der Waals surface area (Å²) in [5.41, 5.74) is 4.57. The van der Waals surface area contributed by atoms with Crippen LogP contribution in [0.5, 0.6) is 0 Å². The number of anilines is 2. The topological polar surface area (TPSA) is 67.6 Å². The minimum absolute atomic E-state index is 0.115. The number of carbonyl (C=O) groups is 1. The molecule has 0 spiro atoms. The fraction of sp³-hybridized carbons (Fsp3) is 0.304. The van der Waals surface area contributed by atoms with Crippen LogP contribution in [0.4, 0.5) is 11.4 Å². The number of hydrogen-bond acceptors (Lipinski definition) is 5. The van der Waals surface area contributed by atoms with Gasteiger partial charge in [0.15, 0.2) is 0 Å². The molecule has 0 saturated carbocycles. The van der Waals surface area contributed by atoms with Gasteiger partial charge in [-0.1, -0.05) is 23.8 Å². The van der Waals surface area contributed by atoms with Gasteiger partial charge in [0.25, 0.3) is 0 Å². The van der Waals surface area contributed by atoms with Crippen molar-refractivity contribution >= 4 is 17.3 Å². The first-order valence-corrected chi connectivity index (χ1v) is 9.84. The summed E-state index contributed by atoms with van der Waals surface area (Å²) in [6.45, 7) is 7.04. The number of benzene rings is 2. The Bertz CT molecular complexity index is 1010. The van der Waals surface area contributed by atoms with Crippen molar-refractivity contribution in [1.82, 2.24) is 4.98 Å². The number of hydrogen-bond donors (Lipinski definition) is 1. The molecule has 150 valence electrons. The highest BCUT2D eigenvalue weighted by Gasteiger charge is 2.16. The number of ether oxygens (including phenoxy) is 1. The summed E-state index contributed by atoms with van der Waals surface area (Å²) in [6.07, 6.45) is 0.170. The van der Waals surface area contributed by atoms with Crippen molar-refractivity contribution in [1.29, 1.82) is 0 Å². The fourth-order valence-electron chi connectivity index (χ4n) is 3.45. The van der Waals surface area contributed by atoms with Gasteiger partial charge in [-0.3, -0.25) is 4.79 Å². The number of aryl methyl sites for hydroxylation is 2. The summed E-state index contributed by atoms with van der Waals surface area (Å²) in [7, 11) is 0. The average Bonchev–Trinajstić information content (AvgIpc) is 3.09. The lowest BCUT2D eigenvalue weighted by Crippen LogP contribution is -2.36. The maximum Gasteiger partial charge on any atom is 0.230 e. The predicted octanol–water partition coefficient (Wildman–Crippen LogP) is 3.98. The zero-order chi connectivity index (χ0) is 20.2. The Morgan fingerprint density at radius 1 is 1.10 bits per heavy atom. The van der Waals surface area contributed by atoms with Crippen LogP contribution in [0.2, 0.25) is 0 Å². The summed E-state index contributed by atoms with van der Waals surface area (Å²) in [5.74, 6) is 1.10. The SMILES string of the molecule is Cc1cccc(-c2nc(CC(=O)Nc3cccc(N4CCOCC4)c3)c(C)o2)c1. The van der Waals surface area contributed by atoms with E-state index in [4.69, 9.17) is 9.15 Å². The van der Waals surface area contributed by atoms with E-state index in [0.717, 1.165) is 48.8 Å². The smallest absolute Gasteiger partial charge is 0.230 e. The molecule has 6 nitrogen and oxygen atoms in total. The third-order valence-corrected chi connectivity index (χ3v) is 4.99. The molecule has 3 aromatic rings. The normalized spacial score (nSPS) is 14.1. The Hall–Kier alpha value is -3.12. The third-order valence-electron chi connectivity index (χ3n) is 4.99. The van der Waals surface area contributed by atoms with E-state index < -0.39 is 0 Å². The lowest BCUT2D eigenvalue weighted by Gasteiger charge is -2.29. The van der Waals surface area contributed by atoms with Gasteiger partial charge < -0.3 is 19.4 Å². The van der Waals surface area contributed by atoms with E-state index in [-0.39, 0.29) is 12.3 Å². The molecule has 1 aliphatic heterocycles. The summed E-state index contributed by atoms with van der Waals surface area (Å²) in [5, 5.41) is 2.98. The van der Waals surface area contributed by atoms with E-state index in [1.807, 2.05) is 56.3 Å². The molecule has 0 radical (unpaired) electrons. The van der Waals surface area contributed by atoms with Crippen molar-refractivity contribution in [3.05, 3.63) is 65.5 Å². The maximum absolute atomic E-state index is 12.6. The number of aromatic nitrogens is 1. The van der Waals surface area contributed by atoms with Crippen LogP contribution in [0, 0.1) is 13.8 Å². The third kappa shape index (κ3) is 4.66. The molecule has 1 fully saturated rings. The van der Waals surface area contributed by atoms with Crippen molar-refractivity contribution in [2.45, 2.75) is 20.3 Å². The standard InChI is InChI=1S/C23H25N3O3/c1-16-5-3-6-18(13-16)23-25-21(17(2)29-23)15-22(27)24-19-7-4-8-20(14-19)26-9-11-28-12-10-26/h3-8,13-14H,9-12,15H2,1-2H3,(H,24,27). The molecule has 0 aliphatic carbocycles. The Morgan fingerprint density at radius 3 is 2.69 bits per heavy atom. The van der Waals surface area contributed by atoms with Crippen molar-refractivity contribution in [3.8, 4) is 11.5 Å². The van der Waals surface area contributed by atoms with Crippen LogP contribution in [0.1, 0.15) is 17.0 Å². The highest BCUT2D eigenvalue weighted by atomic mass is 16.5. The maximum atomic E-state index is 12.6. The molecule has 29 heavy (non-hydrogen) atoms. The van der Waals surface area contributed by atoms with Gasteiger partial charge in [-0.15, -0.1) is 0 Å². The highest BCUT2D eigenvalue weighted by Crippen LogP contribution is 2.24. The van der Waals surface area contributed by atoms with Gasteiger partial charge >= 0.3 is 0 Å². The number of carbonyl (C=O) groups excluding carboxylic acids is 1. The molecule has 1 amide bonds. The van der Waals surface area contributed by atoms with E-state index in [2.05, 4.69) is 21.3 Å². The minimum atomic E-state index is -0.115. The van der Waals surface area contributed by atoms with Gasteiger partial charge in [-0.2, -0.15) is 0 Å². The Kier molecular flexibility index (Phi) is 5.62. The van der Waals surface area contributed by atoms with E-state index >= 15 is 0 Å². The molecule has 1 saturated heterocycles. The van der Waals surface area contributed by atoms with Crippen molar-refractivity contribution in [2.75, 3.05) is 36.5 Å². The van der Waals surface area contributed by atoms with Gasteiger partial charge in [0.2, 0.25) is 11.8 Å². The summed E-state index contributed by atoms with van der Waals surface area (Å²) in [6, 6.07) is 15.9. The zero-order valence-corrected chi connectivity index (χ0v) is 16.8. The summed E-state index contributed by atoms with van der Waals surface area (Å²) >= 11 is 0. The molecule has 2 aromatic carbocycles. The number of nitrogens with one attached hydrogen (secondary N) is 1. The molecule has 4 rings (SSSR count). The first-order valence-electron chi connectivity index (χ1n) is 9.84. The predicted molar refractivity (Wildman–Crippen MR) is 113 cm³/mol. The van der Waals surface area contributed by atoms with Crippen LogP contribution >= 0.6 is 0 Å². The monoisotopic (exact) mass is 391 g/mol. The molecule has 0 unspecified atom stereocenters. The largest absolute Gasteiger partial charge is 0.441 e. The molecule has 1 aliphatic rings. The molecular formula is C23H25N3O3. The second-order valence-corrected chi connectivity index (χ2v) is 7.27. The van der Waals surface area contributed by atoms with Crippen LogP contribution in [0.25, 0.3) is 11.5 Å². The van der Waals surface area contributed by atoms with E-state index in [1.54, 1.807) is 0 Å². The van der Waals surface area contributed by atoms with Crippen LogP contribution in [0.3, 0.4) is 0 Å². The highest BCUT2D eigenvalue weighted by molar-refractivity contribution is 5.92. The van der Waals surface area contributed by atoms with Crippen LogP contribution < -0.4 is 10.2 Å². The van der Waals surface area contributed by atoms with E-state index in [9.17, 15) is 4.79 Å². The lowest BCUT2D eigenvalue weighted by atomic mass is 10.1. The molecular weight excluding hydrogens is 366 g/mol. The molecule has 0 bridgehead atoms. The van der Waals surface area contributed by atoms with E-state index in [1.165, 1.54) is 0 Å². The molecule has 6 heteroatoms. The first kappa shape index (κ1) is 19.2. The molecule has 2 heterocycles. The van der Waals surface area contributed by atoms with Gasteiger partial charge in [-0.25, -0.2) is 4.98 Å². The van der Waals surface area contributed by atoms with Gasteiger partial charge in [0.1, 0.15) is 5.76 Å². The number of oxazole rings is 1. The number of rotatable bonds is 5. The number of amides is 1. The summed E-state index contributed by atoms with van der Waals surface area (Å²) in [4.78, 5) is 19.4. The average molecular weight is 391 g/mol. The van der Waals surface area contributed by atoms with Crippen molar-refractivity contribution < 1.29 is 13.9 Å². The second kappa shape index (κ2) is 8.49. The number of nitrogens with zero attached hydrogens (tertiary/aromatic N) is 2. The quantitative estimate of drug-likeness (QED) is 0.713. The van der Waals surface area contributed by atoms with Crippen molar-refractivity contribution in [2.24, 2.45) is 0 Å². The fourth-order valence-corrected chi connectivity index (χ4v) is 3.45. The molecule has 1 N–H and O–H groups in total. The first-order chi connectivity index (χ1) is 14.1. The summed E-state index contributed by atoms with van der Waals surface area (Å²) < 4.78 is 11.2. The minimum Gasteiger partial charge on any atom is -0.441 e. The van der Waals surface area contributed by atoms with Gasteiger partial charge in [-0.05, 0) is 44.2 Å². The second-order valence-electron chi connectivity index (χ2n) is 7.27. The van der Waals surface area contributed by atoms with E-state index in [0.29, 0.717) is 17.3 Å². The zero-order valence-electron chi connectivity index (χ0n) is 16.8. The van der Waals surface area contributed by atoms with Crippen LogP contribution in [-0.4, -0.2) is 37.2 Å². The molecule has 0 atom stereocenters. The molecule has 1 aromatic heterocycles. The lowest BCUT2D eigenvalue weighted by molar-refractivity contribution is -0.115. The van der Waals surface area contributed by atoms with Gasteiger partial charge in [0, 0.05) is 30.0 Å². The Morgan fingerprint density at radius 2 is 1.90 bits per heavy atom. The number of morpholine rings is 1. The Balaban J connectivity index is 1.44. The van der Waals surface area contributed by atoms with Crippen molar-refractivity contribution in [3.63, 3.8) is 0 Å². The van der Waals surface area contributed by atoms with Crippen LogP contribution in [-0.2, 0) is 16.0 Å².